The zero-order chi connectivity index (χ0) is 17.9. The molecule has 9 heteroatoms. The van der Waals surface area contributed by atoms with Crippen LogP contribution in [0.1, 0.15) is 41.6 Å². The Kier molecular flexibility index (Phi) is 7.92. The third kappa shape index (κ3) is 4.55. The number of furan rings is 1. The molecular weight excluding hydrogens is 368 g/mol. The van der Waals surface area contributed by atoms with Crippen LogP contribution in [0.2, 0.25) is 0 Å². The number of sulfonamides is 1. The van der Waals surface area contributed by atoms with Gasteiger partial charge >= 0.3 is 5.97 Å². The number of hydrogen-bond acceptors (Lipinski definition) is 6. The lowest BCUT2D eigenvalue weighted by molar-refractivity contribution is 0.0594. The Morgan fingerprint density at radius 2 is 1.88 bits per heavy atom. The summed E-state index contributed by atoms with van der Waals surface area (Å²) in [5.41, 5.74) is 0.00442. The number of halogens is 1. The number of aryl methyl sites for hydroxylation is 2. The summed E-state index contributed by atoms with van der Waals surface area (Å²) in [7, 11) is -2.55. The fraction of sp³-hybridized carbons (Fsp3) is 0.688. The Bertz CT molecular complexity index is 694. The van der Waals surface area contributed by atoms with Gasteiger partial charge in [0.25, 0.3) is 0 Å². The number of carbonyl (C=O) groups is 1. The molecule has 1 fully saturated rings. The third-order valence-electron chi connectivity index (χ3n) is 4.45. The maximum Gasteiger partial charge on any atom is 0.342 e. The van der Waals surface area contributed by atoms with Crippen molar-refractivity contribution in [1.29, 1.82) is 0 Å². The zero-order valence-corrected chi connectivity index (χ0v) is 16.8. The molecule has 1 aliphatic rings. The van der Waals surface area contributed by atoms with Crippen molar-refractivity contribution < 1.29 is 22.4 Å². The molecule has 0 unspecified atom stereocenters. The Labute approximate surface area is 155 Å². The molecule has 0 bridgehead atoms. The second kappa shape index (κ2) is 9.02. The van der Waals surface area contributed by atoms with Crippen molar-refractivity contribution >= 4 is 28.4 Å². The van der Waals surface area contributed by atoms with Crippen LogP contribution in [0, 0.1) is 19.8 Å². The Morgan fingerprint density at radius 3 is 2.40 bits per heavy atom. The number of carbonyl (C=O) groups excluding carboxylic acids is 1. The summed E-state index contributed by atoms with van der Waals surface area (Å²) < 4.78 is 37.6. The van der Waals surface area contributed by atoms with Gasteiger partial charge in [0.05, 0.1) is 7.11 Å². The second-order valence-electron chi connectivity index (χ2n) is 6.07. The van der Waals surface area contributed by atoms with Gasteiger partial charge in [-0.3, -0.25) is 0 Å². The van der Waals surface area contributed by atoms with Gasteiger partial charge in [0, 0.05) is 13.1 Å². The van der Waals surface area contributed by atoms with Crippen LogP contribution < -0.4 is 5.32 Å². The molecule has 1 aromatic rings. The highest BCUT2D eigenvalue weighted by Gasteiger charge is 2.37. The molecule has 0 amide bonds. The summed E-state index contributed by atoms with van der Waals surface area (Å²) in [6, 6.07) is 0. The van der Waals surface area contributed by atoms with Crippen molar-refractivity contribution in [2.75, 3.05) is 33.3 Å². The maximum atomic E-state index is 13.0. The van der Waals surface area contributed by atoms with E-state index in [-0.39, 0.29) is 34.4 Å². The van der Waals surface area contributed by atoms with Crippen LogP contribution in [-0.2, 0) is 14.8 Å². The second-order valence-corrected chi connectivity index (χ2v) is 7.94. The molecule has 25 heavy (non-hydrogen) atoms. The van der Waals surface area contributed by atoms with Crippen molar-refractivity contribution in [3.05, 3.63) is 17.1 Å². The van der Waals surface area contributed by atoms with E-state index < -0.39 is 16.0 Å². The quantitative estimate of drug-likeness (QED) is 0.743. The van der Waals surface area contributed by atoms with Crippen molar-refractivity contribution in [1.82, 2.24) is 9.62 Å². The molecule has 7 nitrogen and oxygen atoms in total. The minimum absolute atomic E-state index is 0. The first-order chi connectivity index (χ1) is 11.3. The minimum atomic E-state index is -3.78. The number of esters is 1. The minimum Gasteiger partial charge on any atom is -0.465 e. The van der Waals surface area contributed by atoms with Crippen LogP contribution in [0.15, 0.2) is 9.31 Å². The highest BCUT2D eigenvalue weighted by molar-refractivity contribution is 7.89. The number of hydrogen-bond donors (Lipinski definition) is 1. The van der Waals surface area contributed by atoms with Gasteiger partial charge in [0.15, 0.2) is 0 Å². The molecule has 1 N–H and O–H groups in total. The van der Waals surface area contributed by atoms with E-state index in [1.807, 2.05) is 0 Å². The van der Waals surface area contributed by atoms with Gasteiger partial charge in [0.1, 0.15) is 22.0 Å². The first kappa shape index (κ1) is 22.0. The first-order valence-electron chi connectivity index (χ1n) is 8.22. The van der Waals surface area contributed by atoms with E-state index >= 15 is 0 Å². The standard InChI is InChI=1S/C16H26N2O5S.ClH/c1-5-17-10-13-6-8-18(9-7-13)24(20,21)15-12(3)23-11(2)14(15)16(19)22-4;/h13,17H,5-10H2,1-4H3;1H. The van der Waals surface area contributed by atoms with Gasteiger partial charge in [-0.15, -0.1) is 12.4 Å². The normalized spacial score (nSPS) is 16.5. The van der Waals surface area contributed by atoms with Crippen molar-refractivity contribution in [3.8, 4) is 0 Å². The van der Waals surface area contributed by atoms with Crippen molar-refractivity contribution in [3.63, 3.8) is 0 Å². The van der Waals surface area contributed by atoms with Crippen LogP contribution in [-0.4, -0.2) is 52.0 Å². The molecule has 1 aliphatic heterocycles. The van der Waals surface area contributed by atoms with Crippen molar-refractivity contribution in [2.45, 2.75) is 38.5 Å². The van der Waals surface area contributed by atoms with Crippen LogP contribution in [0.25, 0.3) is 0 Å². The Morgan fingerprint density at radius 1 is 1.28 bits per heavy atom. The molecule has 144 valence electrons. The lowest BCUT2D eigenvalue weighted by Crippen LogP contribution is -2.41. The Hall–Kier alpha value is -1.09. The topological polar surface area (TPSA) is 88.9 Å². The maximum absolute atomic E-state index is 13.0. The van der Waals surface area contributed by atoms with Gasteiger partial charge < -0.3 is 14.5 Å². The first-order valence-corrected chi connectivity index (χ1v) is 9.66. The van der Waals surface area contributed by atoms with Gasteiger partial charge in [-0.05, 0) is 45.7 Å². The largest absolute Gasteiger partial charge is 0.465 e. The highest BCUT2D eigenvalue weighted by Crippen LogP contribution is 2.31. The summed E-state index contributed by atoms with van der Waals surface area (Å²) in [6.45, 7) is 7.89. The third-order valence-corrected chi connectivity index (χ3v) is 6.50. The summed E-state index contributed by atoms with van der Waals surface area (Å²) >= 11 is 0. The number of rotatable bonds is 6. The zero-order valence-electron chi connectivity index (χ0n) is 15.1. The number of methoxy groups -OCH3 is 1. The molecule has 0 aromatic carbocycles. The van der Waals surface area contributed by atoms with E-state index in [9.17, 15) is 13.2 Å². The van der Waals surface area contributed by atoms with E-state index in [1.165, 1.54) is 11.4 Å². The molecule has 2 heterocycles. The predicted molar refractivity (Wildman–Crippen MR) is 96.8 cm³/mol. The lowest BCUT2D eigenvalue weighted by atomic mass is 9.98. The molecule has 0 aliphatic carbocycles. The predicted octanol–water partition coefficient (Wildman–Crippen LogP) is 2.12. The fourth-order valence-electron chi connectivity index (χ4n) is 3.14. The van der Waals surface area contributed by atoms with E-state index in [0.717, 1.165) is 25.9 Å². The summed E-state index contributed by atoms with van der Waals surface area (Å²) in [4.78, 5) is 11.9. The van der Waals surface area contributed by atoms with Gasteiger partial charge in [-0.2, -0.15) is 4.31 Å². The number of nitrogens with zero attached hydrogens (tertiary/aromatic N) is 1. The molecule has 0 spiro atoms. The van der Waals surface area contributed by atoms with E-state index in [1.54, 1.807) is 13.8 Å². The number of piperidine rings is 1. The number of nitrogens with one attached hydrogen (secondary N) is 1. The SMILES string of the molecule is CCNCC1CCN(S(=O)(=O)c2c(C)oc(C)c2C(=O)OC)CC1.Cl. The van der Waals surface area contributed by atoms with Gasteiger partial charge in [-0.1, -0.05) is 6.92 Å². The van der Waals surface area contributed by atoms with E-state index in [2.05, 4.69) is 12.2 Å². The molecule has 0 atom stereocenters. The van der Waals surface area contributed by atoms with Gasteiger partial charge in [0.2, 0.25) is 10.0 Å². The summed E-state index contributed by atoms with van der Waals surface area (Å²) in [5.74, 6) is 0.274. The summed E-state index contributed by atoms with van der Waals surface area (Å²) in [6.07, 6.45) is 1.60. The van der Waals surface area contributed by atoms with E-state index in [0.29, 0.717) is 19.0 Å². The van der Waals surface area contributed by atoms with Crippen LogP contribution in [0.3, 0.4) is 0 Å². The van der Waals surface area contributed by atoms with Crippen molar-refractivity contribution in [2.24, 2.45) is 5.92 Å². The molecule has 2 rings (SSSR count). The molecular formula is C16H27ClN2O5S. The molecule has 1 aromatic heterocycles. The monoisotopic (exact) mass is 394 g/mol. The highest BCUT2D eigenvalue weighted by atomic mass is 35.5. The number of ether oxygens (including phenoxy) is 1. The van der Waals surface area contributed by atoms with Crippen LogP contribution in [0.5, 0.6) is 0 Å². The average Bonchev–Trinajstić information content (AvgIpc) is 2.87. The van der Waals surface area contributed by atoms with Crippen LogP contribution >= 0.6 is 12.4 Å². The fourth-order valence-corrected chi connectivity index (χ4v) is 4.98. The summed E-state index contributed by atoms with van der Waals surface area (Å²) in [5, 5.41) is 3.30. The lowest BCUT2D eigenvalue weighted by Gasteiger charge is -2.31. The van der Waals surface area contributed by atoms with Gasteiger partial charge in [-0.25, -0.2) is 13.2 Å². The Balaban J connectivity index is 0.00000312. The van der Waals surface area contributed by atoms with E-state index in [4.69, 9.17) is 9.15 Å². The smallest absolute Gasteiger partial charge is 0.342 e. The molecule has 0 saturated carbocycles. The molecule has 0 radical (unpaired) electrons. The molecule has 1 saturated heterocycles. The van der Waals surface area contributed by atoms with Crippen LogP contribution in [0.4, 0.5) is 0 Å². The average molecular weight is 395 g/mol.